The fraction of sp³-hybridized carbons (Fsp3) is 0.304. The summed E-state index contributed by atoms with van der Waals surface area (Å²) in [6.07, 6.45) is 1.40. The summed E-state index contributed by atoms with van der Waals surface area (Å²) in [5.74, 6) is 2.86. The zero-order valence-electron chi connectivity index (χ0n) is 17.6. The first-order valence-electron chi connectivity index (χ1n) is 10.3. The lowest BCUT2D eigenvalue weighted by Gasteiger charge is -2.16. The van der Waals surface area contributed by atoms with Crippen LogP contribution in [0.15, 0.2) is 59.0 Å². The first kappa shape index (κ1) is 20.7. The lowest BCUT2D eigenvalue weighted by atomic mass is 10.1. The van der Waals surface area contributed by atoms with E-state index < -0.39 is 0 Å². The van der Waals surface area contributed by atoms with Crippen LogP contribution in [-0.2, 0) is 24.2 Å². The van der Waals surface area contributed by atoms with Gasteiger partial charge in [-0.05, 0) is 60.5 Å². The third-order valence-electron chi connectivity index (χ3n) is 4.89. The number of rotatable bonds is 10. The first-order valence-corrected chi connectivity index (χ1v) is 10.3. The highest BCUT2D eigenvalue weighted by molar-refractivity contribution is 5.53. The highest BCUT2D eigenvalue weighted by Crippen LogP contribution is 2.23. The maximum absolute atomic E-state index is 5.93. The Morgan fingerprint density at radius 3 is 2.55 bits per heavy atom. The monoisotopic (exact) mass is 419 g/mol. The topological polar surface area (TPSA) is 99.0 Å². The highest BCUT2D eigenvalue weighted by Gasteiger charge is 2.14. The summed E-state index contributed by atoms with van der Waals surface area (Å²) in [6.45, 7) is 4.87. The van der Waals surface area contributed by atoms with Crippen molar-refractivity contribution in [2.45, 2.75) is 39.4 Å². The quantitative estimate of drug-likeness (QED) is 0.416. The average molecular weight is 419 g/mol. The minimum absolute atomic E-state index is 0.000654. The smallest absolute Gasteiger partial charge is 0.226 e. The standard InChI is InChI=1S/C23H25N5O3/c1-3-29-20(14-22-25-27-28-26-22)13-17-9-11-19(12-10-17)30-15-21-16(2)31-23(24-21)18-7-5-4-6-8-18/h4-12,20H,3,13-15H2,1-2H3,(H,25,26,27,28)/t20-/m0/s1. The predicted octanol–water partition coefficient (Wildman–Crippen LogP) is 3.93. The van der Waals surface area contributed by atoms with Gasteiger partial charge in [0.15, 0.2) is 5.82 Å². The molecule has 2 heterocycles. The van der Waals surface area contributed by atoms with Crippen molar-refractivity contribution >= 4 is 0 Å². The Morgan fingerprint density at radius 2 is 1.84 bits per heavy atom. The maximum atomic E-state index is 5.93. The molecule has 0 aliphatic rings. The number of hydrogen-bond donors (Lipinski definition) is 1. The second-order valence-corrected chi connectivity index (χ2v) is 7.15. The Labute approximate surface area is 180 Å². The fourth-order valence-electron chi connectivity index (χ4n) is 3.31. The Kier molecular flexibility index (Phi) is 6.68. The van der Waals surface area contributed by atoms with E-state index in [9.17, 15) is 0 Å². The van der Waals surface area contributed by atoms with Crippen LogP contribution in [0.5, 0.6) is 5.75 Å². The molecule has 0 saturated carbocycles. The molecule has 0 fully saturated rings. The zero-order valence-corrected chi connectivity index (χ0v) is 17.6. The van der Waals surface area contributed by atoms with Crippen LogP contribution >= 0.6 is 0 Å². The molecule has 1 atom stereocenters. The zero-order chi connectivity index (χ0) is 21.5. The van der Waals surface area contributed by atoms with Crippen molar-refractivity contribution in [1.82, 2.24) is 25.6 Å². The average Bonchev–Trinajstić information content (AvgIpc) is 3.44. The molecule has 1 N–H and O–H groups in total. The van der Waals surface area contributed by atoms with Gasteiger partial charge in [-0.2, -0.15) is 0 Å². The van der Waals surface area contributed by atoms with E-state index in [1.54, 1.807) is 0 Å². The molecule has 0 radical (unpaired) electrons. The predicted molar refractivity (Wildman–Crippen MR) is 114 cm³/mol. The fourth-order valence-corrected chi connectivity index (χ4v) is 3.31. The second kappa shape index (κ2) is 9.99. The van der Waals surface area contributed by atoms with E-state index in [-0.39, 0.29) is 6.10 Å². The summed E-state index contributed by atoms with van der Waals surface area (Å²) in [6, 6.07) is 17.9. The van der Waals surface area contributed by atoms with Gasteiger partial charge in [0.05, 0.1) is 6.10 Å². The molecular weight excluding hydrogens is 394 g/mol. The maximum Gasteiger partial charge on any atom is 0.226 e. The van der Waals surface area contributed by atoms with Gasteiger partial charge in [0.2, 0.25) is 5.89 Å². The van der Waals surface area contributed by atoms with Gasteiger partial charge >= 0.3 is 0 Å². The molecule has 4 rings (SSSR count). The van der Waals surface area contributed by atoms with Gasteiger partial charge in [0, 0.05) is 18.6 Å². The van der Waals surface area contributed by atoms with Crippen molar-refractivity contribution < 1.29 is 13.9 Å². The molecule has 0 amide bonds. The van der Waals surface area contributed by atoms with E-state index >= 15 is 0 Å². The SMILES string of the molecule is CCO[C@@H](Cc1ccc(OCc2nc(-c3ccccc3)oc2C)cc1)Cc1nnn[nH]1. The van der Waals surface area contributed by atoms with Gasteiger partial charge in [-0.25, -0.2) is 10.1 Å². The number of aromatic amines is 1. The van der Waals surface area contributed by atoms with E-state index in [0.29, 0.717) is 25.5 Å². The molecule has 8 nitrogen and oxygen atoms in total. The van der Waals surface area contributed by atoms with E-state index in [1.807, 2.05) is 68.4 Å². The number of aryl methyl sites for hydroxylation is 1. The molecule has 0 saturated heterocycles. The van der Waals surface area contributed by atoms with Crippen LogP contribution in [0, 0.1) is 6.92 Å². The van der Waals surface area contributed by atoms with Crippen molar-refractivity contribution in [3.63, 3.8) is 0 Å². The van der Waals surface area contributed by atoms with Gasteiger partial charge in [0.1, 0.15) is 23.8 Å². The van der Waals surface area contributed by atoms with Crippen molar-refractivity contribution in [1.29, 1.82) is 0 Å². The lowest BCUT2D eigenvalue weighted by molar-refractivity contribution is 0.0622. The third kappa shape index (κ3) is 5.55. The first-order chi connectivity index (χ1) is 15.2. The third-order valence-corrected chi connectivity index (χ3v) is 4.89. The van der Waals surface area contributed by atoms with Crippen LogP contribution in [0.1, 0.15) is 29.8 Å². The number of tetrazole rings is 1. The van der Waals surface area contributed by atoms with Crippen LogP contribution in [-0.4, -0.2) is 38.3 Å². The molecule has 0 unspecified atom stereocenters. The summed E-state index contributed by atoms with van der Waals surface area (Å²) < 4.78 is 17.6. The molecule has 0 bridgehead atoms. The summed E-state index contributed by atoms with van der Waals surface area (Å²) in [7, 11) is 0. The second-order valence-electron chi connectivity index (χ2n) is 7.15. The van der Waals surface area contributed by atoms with Gasteiger partial charge in [0.25, 0.3) is 0 Å². The molecule has 31 heavy (non-hydrogen) atoms. The van der Waals surface area contributed by atoms with Crippen LogP contribution in [0.25, 0.3) is 11.5 Å². The van der Waals surface area contributed by atoms with Crippen LogP contribution < -0.4 is 4.74 Å². The minimum atomic E-state index is 0.000654. The summed E-state index contributed by atoms with van der Waals surface area (Å²) in [5.41, 5.74) is 2.90. The number of aromatic nitrogens is 5. The molecule has 0 spiro atoms. The Hall–Kier alpha value is -3.52. The van der Waals surface area contributed by atoms with Crippen molar-refractivity contribution in [2.75, 3.05) is 6.61 Å². The van der Waals surface area contributed by atoms with Gasteiger partial charge < -0.3 is 13.9 Å². The Balaban J connectivity index is 1.35. The van der Waals surface area contributed by atoms with Crippen LogP contribution in [0.4, 0.5) is 0 Å². The van der Waals surface area contributed by atoms with E-state index in [2.05, 4.69) is 25.6 Å². The molecule has 4 aromatic rings. The number of nitrogens with zero attached hydrogens (tertiary/aromatic N) is 4. The Bertz CT molecular complexity index is 1060. The normalized spacial score (nSPS) is 12.1. The van der Waals surface area contributed by atoms with Gasteiger partial charge in [-0.1, -0.05) is 30.3 Å². The molecule has 8 heteroatoms. The van der Waals surface area contributed by atoms with Crippen molar-refractivity contribution in [3.8, 4) is 17.2 Å². The van der Waals surface area contributed by atoms with Crippen LogP contribution in [0.2, 0.25) is 0 Å². The number of hydrogen-bond acceptors (Lipinski definition) is 7. The summed E-state index contributed by atoms with van der Waals surface area (Å²) in [5, 5.41) is 14.0. The van der Waals surface area contributed by atoms with Crippen molar-refractivity contribution in [2.24, 2.45) is 0 Å². The molecule has 160 valence electrons. The number of ether oxygens (including phenoxy) is 2. The van der Waals surface area contributed by atoms with Gasteiger partial charge in [-0.15, -0.1) is 5.10 Å². The van der Waals surface area contributed by atoms with Crippen molar-refractivity contribution in [3.05, 3.63) is 77.4 Å². The van der Waals surface area contributed by atoms with E-state index in [4.69, 9.17) is 13.9 Å². The van der Waals surface area contributed by atoms with E-state index in [0.717, 1.165) is 40.6 Å². The number of H-pyrrole nitrogens is 1. The molecule has 0 aliphatic carbocycles. The minimum Gasteiger partial charge on any atom is -0.487 e. The molecular formula is C23H25N5O3. The lowest BCUT2D eigenvalue weighted by Crippen LogP contribution is -2.20. The molecule has 2 aromatic carbocycles. The largest absolute Gasteiger partial charge is 0.487 e. The number of benzene rings is 2. The molecule has 0 aliphatic heterocycles. The Morgan fingerprint density at radius 1 is 1.03 bits per heavy atom. The number of oxazole rings is 1. The summed E-state index contributed by atoms with van der Waals surface area (Å²) in [4.78, 5) is 4.58. The van der Waals surface area contributed by atoms with Gasteiger partial charge in [-0.3, -0.25) is 0 Å². The van der Waals surface area contributed by atoms with Crippen LogP contribution in [0.3, 0.4) is 0 Å². The van der Waals surface area contributed by atoms with E-state index in [1.165, 1.54) is 0 Å². The summed E-state index contributed by atoms with van der Waals surface area (Å²) >= 11 is 0. The molecule has 2 aromatic heterocycles. The highest BCUT2D eigenvalue weighted by atomic mass is 16.5. The number of nitrogens with one attached hydrogen (secondary N) is 1.